The zero-order valence-corrected chi connectivity index (χ0v) is 7.91. The molecule has 0 aromatic heterocycles. The number of aliphatic carboxylic acids is 1. The minimum atomic E-state index is -0.866. The highest BCUT2D eigenvalue weighted by Gasteiger charge is 2.20. The second kappa shape index (κ2) is 3.21. The van der Waals surface area contributed by atoms with Gasteiger partial charge in [0.15, 0.2) is 0 Å². The van der Waals surface area contributed by atoms with Crippen LogP contribution in [0.2, 0.25) is 0 Å². The van der Waals surface area contributed by atoms with Crippen LogP contribution in [0.4, 0.5) is 0 Å². The standard InChI is InChI=1S/C8H7IO2/c1-5-3-2-4-6(7(5)9)8(10)11/h2-4,7H,1H2,(H,10,11). The van der Waals surface area contributed by atoms with Crippen LogP contribution in [-0.2, 0) is 4.79 Å². The quantitative estimate of drug-likeness (QED) is 0.579. The van der Waals surface area contributed by atoms with E-state index in [-0.39, 0.29) is 3.92 Å². The lowest BCUT2D eigenvalue weighted by molar-refractivity contribution is -0.132. The van der Waals surface area contributed by atoms with E-state index < -0.39 is 5.97 Å². The molecule has 1 N–H and O–H groups in total. The van der Waals surface area contributed by atoms with Crippen molar-refractivity contribution in [3.05, 3.63) is 36.0 Å². The van der Waals surface area contributed by atoms with E-state index in [4.69, 9.17) is 5.11 Å². The molecule has 0 bridgehead atoms. The van der Waals surface area contributed by atoms with E-state index in [2.05, 4.69) is 29.2 Å². The van der Waals surface area contributed by atoms with Gasteiger partial charge in [0.05, 0.1) is 9.50 Å². The van der Waals surface area contributed by atoms with Crippen LogP contribution in [0.5, 0.6) is 0 Å². The Bertz CT molecular complexity index is 263. The van der Waals surface area contributed by atoms with Crippen LogP contribution >= 0.6 is 22.6 Å². The Kier molecular flexibility index (Phi) is 2.49. The number of carboxylic acids is 1. The van der Waals surface area contributed by atoms with Crippen molar-refractivity contribution >= 4 is 28.6 Å². The molecule has 0 saturated heterocycles. The van der Waals surface area contributed by atoms with Crippen LogP contribution < -0.4 is 0 Å². The van der Waals surface area contributed by atoms with Crippen LogP contribution in [-0.4, -0.2) is 15.0 Å². The highest BCUT2D eigenvalue weighted by Crippen LogP contribution is 2.24. The molecule has 0 aromatic rings. The van der Waals surface area contributed by atoms with Crippen molar-refractivity contribution < 1.29 is 9.90 Å². The SMILES string of the molecule is C=C1C=CC=C(C(=O)O)C1I. The molecule has 3 heteroatoms. The number of carboxylic acid groups (broad SMARTS) is 1. The molecule has 1 aliphatic rings. The van der Waals surface area contributed by atoms with Gasteiger partial charge in [-0.1, -0.05) is 47.4 Å². The van der Waals surface area contributed by atoms with Crippen LogP contribution in [0, 0.1) is 0 Å². The maximum Gasteiger partial charge on any atom is 0.332 e. The van der Waals surface area contributed by atoms with Gasteiger partial charge in [0.2, 0.25) is 0 Å². The molecule has 0 saturated carbocycles. The first-order valence-electron chi connectivity index (χ1n) is 3.07. The maximum atomic E-state index is 10.6. The average Bonchev–Trinajstić information content (AvgIpc) is 1.94. The minimum absolute atomic E-state index is 0.0879. The molecular weight excluding hydrogens is 255 g/mol. The number of rotatable bonds is 1. The predicted molar refractivity (Wildman–Crippen MR) is 51.8 cm³/mol. The number of alkyl halides is 1. The summed E-state index contributed by atoms with van der Waals surface area (Å²) in [6.07, 6.45) is 5.14. The van der Waals surface area contributed by atoms with E-state index in [1.54, 1.807) is 12.2 Å². The number of carbonyl (C=O) groups is 1. The summed E-state index contributed by atoms with van der Waals surface area (Å²) in [6, 6.07) is 0. The van der Waals surface area contributed by atoms with Crippen LogP contribution in [0.1, 0.15) is 0 Å². The first-order valence-corrected chi connectivity index (χ1v) is 4.32. The van der Waals surface area contributed by atoms with Gasteiger partial charge in [0.25, 0.3) is 0 Å². The molecule has 2 nitrogen and oxygen atoms in total. The third-order valence-electron chi connectivity index (χ3n) is 1.43. The smallest absolute Gasteiger partial charge is 0.332 e. The van der Waals surface area contributed by atoms with E-state index in [1.165, 1.54) is 0 Å². The van der Waals surface area contributed by atoms with Crippen LogP contribution in [0.25, 0.3) is 0 Å². The molecule has 0 aliphatic heterocycles. The largest absolute Gasteiger partial charge is 0.478 e. The Morgan fingerprint density at radius 3 is 2.82 bits per heavy atom. The Balaban J connectivity index is 2.96. The lowest BCUT2D eigenvalue weighted by Gasteiger charge is -2.13. The molecule has 1 aliphatic carbocycles. The van der Waals surface area contributed by atoms with Crippen molar-refractivity contribution in [2.24, 2.45) is 0 Å². The average molecular weight is 262 g/mol. The molecule has 1 unspecified atom stereocenters. The predicted octanol–water partition coefficient (Wildman–Crippen LogP) is 1.93. The second-order valence-corrected chi connectivity index (χ2v) is 3.47. The molecular formula is C8H7IO2. The highest BCUT2D eigenvalue weighted by atomic mass is 127. The Hall–Kier alpha value is -0.580. The fraction of sp³-hybridized carbons (Fsp3) is 0.125. The summed E-state index contributed by atoms with van der Waals surface area (Å²) >= 11 is 2.06. The summed E-state index contributed by atoms with van der Waals surface area (Å²) in [5, 5.41) is 8.68. The lowest BCUT2D eigenvalue weighted by atomic mass is 10.0. The summed E-state index contributed by atoms with van der Waals surface area (Å²) in [5.41, 5.74) is 1.24. The molecule has 0 heterocycles. The van der Waals surface area contributed by atoms with Crippen molar-refractivity contribution in [2.75, 3.05) is 0 Å². The maximum absolute atomic E-state index is 10.6. The molecule has 1 rings (SSSR count). The minimum Gasteiger partial charge on any atom is -0.478 e. The van der Waals surface area contributed by atoms with E-state index in [0.29, 0.717) is 5.57 Å². The Morgan fingerprint density at radius 1 is 1.73 bits per heavy atom. The molecule has 0 amide bonds. The fourth-order valence-electron chi connectivity index (χ4n) is 0.824. The van der Waals surface area contributed by atoms with Crippen molar-refractivity contribution in [2.45, 2.75) is 3.92 Å². The van der Waals surface area contributed by atoms with Gasteiger partial charge in [-0.15, -0.1) is 0 Å². The van der Waals surface area contributed by atoms with Crippen LogP contribution in [0.3, 0.4) is 0 Å². The Labute approximate surface area is 78.4 Å². The molecule has 0 radical (unpaired) electrons. The molecule has 1 atom stereocenters. The van der Waals surface area contributed by atoms with Gasteiger partial charge in [-0.2, -0.15) is 0 Å². The third-order valence-corrected chi connectivity index (χ3v) is 2.90. The van der Waals surface area contributed by atoms with Crippen molar-refractivity contribution in [1.82, 2.24) is 0 Å². The first-order chi connectivity index (χ1) is 5.13. The second-order valence-electron chi connectivity index (χ2n) is 2.22. The van der Waals surface area contributed by atoms with E-state index in [1.807, 2.05) is 6.08 Å². The monoisotopic (exact) mass is 262 g/mol. The van der Waals surface area contributed by atoms with E-state index >= 15 is 0 Å². The molecule has 0 aromatic carbocycles. The first kappa shape index (κ1) is 8.52. The summed E-state index contributed by atoms with van der Waals surface area (Å²) in [7, 11) is 0. The van der Waals surface area contributed by atoms with Crippen molar-refractivity contribution in [1.29, 1.82) is 0 Å². The molecule has 0 fully saturated rings. The van der Waals surface area contributed by atoms with Gasteiger partial charge in [-0.25, -0.2) is 4.79 Å². The molecule has 11 heavy (non-hydrogen) atoms. The third kappa shape index (κ3) is 1.71. The zero-order chi connectivity index (χ0) is 8.43. The Morgan fingerprint density at radius 2 is 2.36 bits per heavy atom. The number of hydrogen-bond acceptors (Lipinski definition) is 1. The van der Waals surface area contributed by atoms with E-state index in [0.717, 1.165) is 5.57 Å². The fourth-order valence-corrected chi connectivity index (χ4v) is 1.51. The topological polar surface area (TPSA) is 37.3 Å². The van der Waals surface area contributed by atoms with Gasteiger partial charge < -0.3 is 5.11 Å². The highest BCUT2D eigenvalue weighted by molar-refractivity contribution is 14.1. The van der Waals surface area contributed by atoms with E-state index in [9.17, 15) is 4.79 Å². The van der Waals surface area contributed by atoms with Gasteiger partial charge in [0.1, 0.15) is 0 Å². The molecule has 58 valence electrons. The normalized spacial score (nSPS) is 23.2. The van der Waals surface area contributed by atoms with Gasteiger partial charge in [-0.05, 0) is 5.57 Å². The van der Waals surface area contributed by atoms with Gasteiger partial charge in [0, 0.05) is 0 Å². The zero-order valence-electron chi connectivity index (χ0n) is 5.75. The lowest BCUT2D eigenvalue weighted by Crippen LogP contribution is -2.14. The number of hydrogen-bond donors (Lipinski definition) is 1. The summed E-state index contributed by atoms with van der Waals surface area (Å²) in [5.74, 6) is -0.866. The van der Waals surface area contributed by atoms with Gasteiger partial charge in [-0.3, -0.25) is 0 Å². The van der Waals surface area contributed by atoms with Crippen molar-refractivity contribution in [3.8, 4) is 0 Å². The summed E-state index contributed by atoms with van der Waals surface area (Å²) in [4.78, 5) is 10.6. The number of halogens is 1. The summed E-state index contributed by atoms with van der Waals surface area (Å²) in [6.45, 7) is 3.73. The van der Waals surface area contributed by atoms with Gasteiger partial charge >= 0.3 is 5.97 Å². The van der Waals surface area contributed by atoms with Crippen LogP contribution in [0.15, 0.2) is 36.0 Å². The molecule has 0 spiro atoms. The summed E-state index contributed by atoms with van der Waals surface area (Å²) < 4.78 is -0.0879. The van der Waals surface area contributed by atoms with Crippen molar-refractivity contribution in [3.63, 3.8) is 0 Å². The number of allylic oxidation sites excluding steroid dienone is 4.